The van der Waals surface area contributed by atoms with Gasteiger partial charge in [0, 0.05) is 4.48 Å². The van der Waals surface area contributed by atoms with Crippen molar-refractivity contribution in [2.75, 3.05) is 0 Å². The highest BCUT2D eigenvalue weighted by molar-refractivity contribution is 9.11. The lowest BCUT2D eigenvalue weighted by atomic mass is 10.1. The number of aliphatic hydroxyl groups excluding tert-OH is 1. The second-order valence-corrected chi connectivity index (χ2v) is 6.07. The average molecular weight is 345 g/mol. The second-order valence-electron chi connectivity index (χ2n) is 5.15. The van der Waals surface area contributed by atoms with Crippen LogP contribution in [0.5, 0.6) is 0 Å². The SMILES string of the molecule is OC(CCc1ccccc1)/C(Br)=C/CCc1ccccc1. The van der Waals surface area contributed by atoms with Gasteiger partial charge in [-0.1, -0.05) is 82.7 Å². The first-order chi connectivity index (χ1) is 10.3. The zero-order chi connectivity index (χ0) is 14.9. The van der Waals surface area contributed by atoms with Crippen molar-refractivity contribution in [1.29, 1.82) is 0 Å². The Balaban J connectivity index is 1.76. The number of allylic oxidation sites excluding steroid dienone is 1. The molecule has 0 aliphatic rings. The molecule has 2 heteroatoms. The van der Waals surface area contributed by atoms with Crippen molar-refractivity contribution >= 4 is 15.9 Å². The van der Waals surface area contributed by atoms with Crippen LogP contribution in [-0.2, 0) is 12.8 Å². The van der Waals surface area contributed by atoms with Crippen molar-refractivity contribution in [3.05, 3.63) is 82.3 Å². The quantitative estimate of drug-likeness (QED) is 0.757. The van der Waals surface area contributed by atoms with Crippen LogP contribution in [-0.4, -0.2) is 11.2 Å². The topological polar surface area (TPSA) is 20.2 Å². The molecule has 0 fully saturated rings. The van der Waals surface area contributed by atoms with Crippen molar-refractivity contribution in [3.8, 4) is 0 Å². The number of benzene rings is 2. The fourth-order valence-corrected chi connectivity index (χ4v) is 2.70. The maximum atomic E-state index is 10.2. The zero-order valence-electron chi connectivity index (χ0n) is 12.1. The van der Waals surface area contributed by atoms with Gasteiger partial charge in [0.2, 0.25) is 0 Å². The van der Waals surface area contributed by atoms with Crippen molar-refractivity contribution in [1.82, 2.24) is 0 Å². The lowest BCUT2D eigenvalue weighted by molar-refractivity contribution is 0.210. The van der Waals surface area contributed by atoms with Crippen LogP contribution in [0.3, 0.4) is 0 Å². The molecule has 0 aliphatic carbocycles. The van der Waals surface area contributed by atoms with Gasteiger partial charge in [-0.05, 0) is 36.8 Å². The lowest BCUT2D eigenvalue weighted by Gasteiger charge is -2.10. The van der Waals surface area contributed by atoms with Crippen molar-refractivity contribution in [2.45, 2.75) is 31.8 Å². The van der Waals surface area contributed by atoms with Gasteiger partial charge in [0.25, 0.3) is 0 Å². The summed E-state index contributed by atoms with van der Waals surface area (Å²) in [6.07, 6.45) is 5.24. The summed E-state index contributed by atoms with van der Waals surface area (Å²) >= 11 is 3.50. The van der Waals surface area contributed by atoms with E-state index in [0.717, 1.165) is 30.2 Å². The summed E-state index contributed by atoms with van der Waals surface area (Å²) in [5.74, 6) is 0. The standard InChI is InChI=1S/C19H21BrO/c20-18(13-7-12-16-8-3-1-4-9-16)19(21)15-14-17-10-5-2-6-11-17/h1-6,8-11,13,19,21H,7,12,14-15H2/b18-13-. The predicted molar refractivity (Wildman–Crippen MR) is 92.5 cm³/mol. The molecule has 1 nitrogen and oxygen atoms in total. The number of halogens is 1. The second kappa shape index (κ2) is 8.81. The molecule has 21 heavy (non-hydrogen) atoms. The Morgan fingerprint density at radius 2 is 1.43 bits per heavy atom. The highest BCUT2D eigenvalue weighted by Crippen LogP contribution is 2.18. The number of hydrogen-bond acceptors (Lipinski definition) is 1. The van der Waals surface area contributed by atoms with Crippen LogP contribution in [0.2, 0.25) is 0 Å². The summed E-state index contributed by atoms with van der Waals surface area (Å²) in [7, 11) is 0. The van der Waals surface area contributed by atoms with Crippen LogP contribution in [0.4, 0.5) is 0 Å². The van der Waals surface area contributed by atoms with Gasteiger partial charge in [-0.25, -0.2) is 0 Å². The van der Waals surface area contributed by atoms with Gasteiger partial charge in [0.15, 0.2) is 0 Å². The largest absolute Gasteiger partial charge is 0.388 e. The molecule has 0 spiro atoms. The van der Waals surface area contributed by atoms with Crippen LogP contribution in [0.25, 0.3) is 0 Å². The monoisotopic (exact) mass is 344 g/mol. The highest BCUT2D eigenvalue weighted by atomic mass is 79.9. The Labute approximate surface area is 135 Å². The third-order valence-electron chi connectivity index (χ3n) is 3.48. The summed E-state index contributed by atoms with van der Waals surface area (Å²) in [4.78, 5) is 0. The summed E-state index contributed by atoms with van der Waals surface area (Å²) in [6.45, 7) is 0. The predicted octanol–water partition coefficient (Wildman–Crippen LogP) is 4.89. The Kier molecular flexibility index (Phi) is 6.71. The summed E-state index contributed by atoms with van der Waals surface area (Å²) < 4.78 is 0.898. The number of hydrogen-bond donors (Lipinski definition) is 1. The van der Waals surface area contributed by atoms with Crippen molar-refractivity contribution in [2.24, 2.45) is 0 Å². The zero-order valence-corrected chi connectivity index (χ0v) is 13.7. The van der Waals surface area contributed by atoms with Crippen LogP contribution < -0.4 is 0 Å². The normalized spacial score (nSPS) is 13.1. The Morgan fingerprint density at radius 1 is 0.905 bits per heavy atom. The molecular weight excluding hydrogens is 324 g/mol. The Morgan fingerprint density at radius 3 is 2.00 bits per heavy atom. The summed E-state index contributed by atoms with van der Waals surface area (Å²) in [5, 5.41) is 10.2. The maximum absolute atomic E-state index is 10.2. The third kappa shape index (κ3) is 5.86. The van der Waals surface area contributed by atoms with Crippen LogP contribution in [0, 0.1) is 0 Å². The van der Waals surface area contributed by atoms with E-state index in [4.69, 9.17) is 0 Å². The van der Waals surface area contributed by atoms with Gasteiger partial charge in [-0.15, -0.1) is 0 Å². The average Bonchev–Trinajstić information content (AvgIpc) is 2.54. The molecule has 0 saturated heterocycles. The van der Waals surface area contributed by atoms with Gasteiger partial charge < -0.3 is 5.11 Å². The molecule has 1 unspecified atom stereocenters. The van der Waals surface area contributed by atoms with E-state index in [9.17, 15) is 5.11 Å². The first kappa shape index (κ1) is 16.0. The molecule has 0 heterocycles. The third-order valence-corrected chi connectivity index (χ3v) is 4.34. The molecule has 1 N–H and O–H groups in total. The van der Waals surface area contributed by atoms with E-state index >= 15 is 0 Å². The van der Waals surface area contributed by atoms with E-state index in [2.05, 4.69) is 58.4 Å². The molecule has 0 aromatic heterocycles. The number of aryl methyl sites for hydroxylation is 2. The Hall–Kier alpha value is -1.38. The molecular formula is C19H21BrO. The fourth-order valence-electron chi connectivity index (χ4n) is 2.24. The van der Waals surface area contributed by atoms with Crippen LogP contribution >= 0.6 is 15.9 Å². The van der Waals surface area contributed by atoms with Gasteiger partial charge in [0.1, 0.15) is 0 Å². The first-order valence-corrected chi connectivity index (χ1v) is 8.16. The molecule has 0 amide bonds. The molecule has 110 valence electrons. The molecule has 0 saturated carbocycles. The van der Waals surface area contributed by atoms with Crippen LogP contribution in [0.15, 0.2) is 71.2 Å². The van der Waals surface area contributed by atoms with Gasteiger partial charge in [0.05, 0.1) is 6.10 Å². The van der Waals surface area contributed by atoms with E-state index < -0.39 is 6.10 Å². The van der Waals surface area contributed by atoms with Gasteiger partial charge in [-0.3, -0.25) is 0 Å². The molecule has 2 aromatic rings. The molecule has 0 aliphatic heterocycles. The van der Waals surface area contributed by atoms with E-state index in [1.165, 1.54) is 11.1 Å². The molecule has 0 bridgehead atoms. The minimum absolute atomic E-state index is 0.416. The van der Waals surface area contributed by atoms with Gasteiger partial charge in [-0.2, -0.15) is 0 Å². The fraction of sp³-hybridized carbons (Fsp3) is 0.263. The summed E-state index contributed by atoms with van der Waals surface area (Å²) in [6, 6.07) is 20.7. The van der Waals surface area contributed by atoms with Crippen molar-refractivity contribution < 1.29 is 5.11 Å². The van der Waals surface area contributed by atoms with Gasteiger partial charge >= 0.3 is 0 Å². The minimum atomic E-state index is -0.416. The maximum Gasteiger partial charge on any atom is 0.0854 e. The van der Waals surface area contributed by atoms with E-state index in [0.29, 0.717) is 0 Å². The highest BCUT2D eigenvalue weighted by Gasteiger charge is 2.07. The minimum Gasteiger partial charge on any atom is -0.388 e. The summed E-state index contributed by atoms with van der Waals surface area (Å²) in [5.41, 5.74) is 2.59. The van der Waals surface area contributed by atoms with Crippen LogP contribution in [0.1, 0.15) is 24.0 Å². The van der Waals surface area contributed by atoms with E-state index in [1.807, 2.05) is 24.3 Å². The molecule has 1 atom stereocenters. The van der Waals surface area contributed by atoms with Crippen molar-refractivity contribution in [3.63, 3.8) is 0 Å². The first-order valence-electron chi connectivity index (χ1n) is 7.37. The van der Waals surface area contributed by atoms with E-state index in [1.54, 1.807) is 0 Å². The smallest absolute Gasteiger partial charge is 0.0854 e. The molecule has 2 rings (SSSR count). The van der Waals surface area contributed by atoms with E-state index in [-0.39, 0.29) is 0 Å². The number of rotatable bonds is 7. The molecule has 0 radical (unpaired) electrons. The lowest BCUT2D eigenvalue weighted by Crippen LogP contribution is -2.08. The molecule has 2 aromatic carbocycles. The number of aliphatic hydroxyl groups is 1. The Bertz CT molecular complexity index is 548.